The molecule has 5 heteroatoms. The minimum Gasteiger partial charge on any atom is -0.497 e. The summed E-state index contributed by atoms with van der Waals surface area (Å²) in [4.78, 5) is 16.0. The zero-order valence-electron chi connectivity index (χ0n) is 12.4. The highest BCUT2D eigenvalue weighted by atomic mass is 16.5. The van der Waals surface area contributed by atoms with Gasteiger partial charge in [-0.3, -0.25) is 0 Å². The average molecular weight is 296 g/mol. The SMILES string of the molecule is COC(=O)c1ccn2c(Cc3cccc(OC)c3)ncc2c1. The van der Waals surface area contributed by atoms with E-state index >= 15 is 0 Å². The molecule has 2 heterocycles. The van der Waals surface area contributed by atoms with E-state index < -0.39 is 0 Å². The molecule has 0 fully saturated rings. The first-order chi connectivity index (χ1) is 10.7. The molecule has 5 nitrogen and oxygen atoms in total. The first kappa shape index (κ1) is 14.1. The van der Waals surface area contributed by atoms with Gasteiger partial charge in [-0.25, -0.2) is 9.78 Å². The van der Waals surface area contributed by atoms with Crippen LogP contribution in [0.4, 0.5) is 0 Å². The van der Waals surface area contributed by atoms with Crippen LogP contribution >= 0.6 is 0 Å². The van der Waals surface area contributed by atoms with Gasteiger partial charge in [0, 0.05) is 12.6 Å². The predicted octanol–water partition coefficient (Wildman–Crippen LogP) is 2.72. The summed E-state index contributed by atoms with van der Waals surface area (Å²) in [7, 11) is 3.02. The summed E-state index contributed by atoms with van der Waals surface area (Å²) in [5.74, 6) is 1.38. The maximum absolute atomic E-state index is 11.6. The smallest absolute Gasteiger partial charge is 0.337 e. The Morgan fingerprint density at radius 1 is 1.23 bits per heavy atom. The van der Waals surface area contributed by atoms with Gasteiger partial charge in [-0.05, 0) is 29.8 Å². The number of aromatic nitrogens is 2. The number of imidazole rings is 1. The Hall–Kier alpha value is -2.82. The summed E-state index contributed by atoms with van der Waals surface area (Å²) in [6.07, 6.45) is 4.27. The number of ether oxygens (including phenoxy) is 2. The summed E-state index contributed by atoms with van der Waals surface area (Å²) in [5, 5.41) is 0. The number of pyridine rings is 1. The van der Waals surface area contributed by atoms with Crippen molar-refractivity contribution in [2.45, 2.75) is 6.42 Å². The van der Waals surface area contributed by atoms with Gasteiger partial charge in [0.2, 0.25) is 0 Å². The Labute approximate surface area is 128 Å². The van der Waals surface area contributed by atoms with Gasteiger partial charge in [0.25, 0.3) is 0 Å². The first-order valence-corrected chi connectivity index (χ1v) is 6.88. The molecular formula is C17H16N2O3. The van der Waals surface area contributed by atoms with Crippen molar-refractivity contribution in [3.8, 4) is 5.75 Å². The fourth-order valence-electron chi connectivity index (χ4n) is 2.40. The lowest BCUT2D eigenvalue weighted by Crippen LogP contribution is -2.03. The van der Waals surface area contributed by atoms with Crippen LogP contribution in [0, 0.1) is 0 Å². The fourth-order valence-corrected chi connectivity index (χ4v) is 2.40. The Bertz CT molecular complexity index is 824. The summed E-state index contributed by atoms with van der Waals surface area (Å²) in [6, 6.07) is 11.4. The van der Waals surface area contributed by atoms with E-state index in [1.807, 2.05) is 34.9 Å². The Morgan fingerprint density at radius 3 is 2.86 bits per heavy atom. The van der Waals surface area contributed by atoms with Gasteiger partial charge in [-0.2, -0.15) is 0 Å². The van der Waals surface area contributed by atoms with Gasteiger partial charge in [-0.1, -0.05) is 12.1 Å². The number of fused-ring (bicyclic) bond motifs is 1. The van der Waals surface area contributed by atoms with Crippen molar-refractivity contribution in [3.63, 3.8) is 0 Å². The van der Waals surface area contributed by atoms with Crippen molar-refractivity contribution in [1.82, 2.24) is 9.38 Å². The van der Waals surface area contributed by atoms with Gasteiger partial charge >= 0.3 is 5.97 Å². The van der Waals surface area contributed by atoms with E-state index in [4.69, 9.17) is 9.47 Å². The molecular weight excluding hydrogens is 280 g/mol. The van der Waals surface area contributed by atoms with Gasteiger partial charge in [0.15, 0.2) is 0 Å². The maximum Gasteiger partial charge on any atom is 0.337 e. The maximum atomic E-state index is 11.6. The third-order valence-electron chi connectivity index (χ3n) is 3.53. The molecule has 0 aliphatic heterocycles. The number of carbonyl (C=O) groups excluding carboxylic acids is 1. The Kier molecular flexibility index (Phi) is 3.78. The van der Waals surface area contributed by atoms with Crippen LogP contribution in [-0.2, 0) is 11.2 Å². The molecule has 0 amide bonds. The standard InChI is InChI=1S/C17H16N2O3/c1-21-15-5-3-4-12(8-15)9-16-18-11-14-10-13(17(20)22-2)6-7-19(14)16/h3-8,10-11H,9H2,1-2H3. The lowest BCUT2D eigenvalue weighted by molar-refractivity contribution is 0.0600. The molecule has 3 aromatic rings. The van der Waals surface area contributed by atoms with Crippen LogP contribution in [0.15, 0.2) is 48.8 Å². The van der Waals surface area contributed by atoms with E-state index in [9.17, 15) is 4.79 Å². The molecule has 0 radical (unpaired) electrons. The van der Waals surface area contributed by atoms with Crippen molar-refractivity contribution in [1.29, 1.82) is 0 Å². The molecule has 0 aliphatic rings. The van der Waals surface area contributed by atoms with E-state index in [-0.39, 0.29) is 5.97 Å². The second-order valence-electron chi connectivity index (χ2n) is 4.90. The van der Waals surface area contributed by atoms with Gasteiger partial charge in [0.1, 0.15) is 11.6 Å². The van der Waals surface area contributed by atoms with Crippen molar-refractivity contribution in [2.24, 2.45) is 0 Å². The second-order valence-corrected chi connectivity index (χ2v) is 4.90. The van der Waals surface area contributed by atoms with Crippen molar-refractivity contribution < 1.29 is 14.3 Å². The lowest BCUT2D eigenvalue weighted by Gasteiger charge is -2.05. The lowest BCUT2D eigenvalue weighted by atomic mass is 10.1. The molecule has 0 saturated carbocycles. The Morgan fingerprint density at radius 2 is 2.09 bits per heavy atom. The monoisotopic (exact) mass is 296 g/mol. The van der Waals surface area contributed by atoms with Crippen LogP contribution in [0.3, 0.4) is 0 Å². The van der Waals surface area contributed by atoms with Crippen LogP contribution in [0.5, 0.6) is 5.75 Å². The summed E-state index contributed by atoms with van der Waals surface area (Å²) < 4.78 is 11.9. The molecule has 22 heavy (non-hydrogen) atoms. The quantitative estimate of drug-likeness (QED) is 0.695. The van der Waals surface area contributed by atoms with Gasteiger partial charge in [-0.15, -0.1) is 0 Å². The van der Waals surface area contributed by atoms with Crippen molar-refractivity contribution in [3.05, 3.63) is 65.7 Å². The van der Waals surface area contributed by atoms with Crippen LogP contribution in [0.25, 0.3) is 5.52 Å². The zero-order valence-corrected chi connectivity index (χ0v) is 12.4. The number of methoxy groups -OCH3 is 2. The number of carbonyl (C=O) groups is 1. The molecule has 3 rings (SSSR count). The predicted molar refractivity (Wildman–Crippen MR) is 82.3 cm³/mol. The Balaban J connectivity index is 1.93. The van der Waals surface area contributed by atoms with E-state index in [0.717, 1.165) is 22.7 Å². The molecule has 0 aliphatic carbocycles. The molecule has 2 aromatic heterocycles. The highest BCUT2D eigenvalue weighted by Crippen LogP contribution is 2.17. The number of nitrogens with zero attached hydrogens (tertiary/aromatic N) is 2. The molecule has 1 aromatic carbocycles. The van der Waals surface area contributed by atoms with Gasteiger partial charge in [0.05, 0.1) is 31.5 Å². The third kappa shape index (κ3) is 2.65. The van der Waals surface area contributed by atoms with E-state index in [1.165, 1.54) is 7.11 Å². The number of hydrogen-bond acceptors (Lipinski definition) is 4. The van der Waals surface area contributed by atoms with Crippen LogP contribution in [0.2, 0.25) is 0 Å². The van der Waals surface area contributed by atoms with Crippen LogP contribution < -0.4 is 4.74 Å². The zero-order chi connectivity index (χ0) is 15.5. The minimum atomic E-state index is -0.349. The molecule has 0 spiro atoms. The van der Waals surface area contributed by atoms with E-state index in [1.54, 1.807) is 25.4 Å². The topological polar surface area (TPSA) is 52.8 Å². The average Bonchev–Trinajstić information content (AvgIpc) is 2.96. The summed E-state index contributed by atoms with van der Waals surface area (Å²) >= 11 is 0. The summed E-state index contributed by atoms with van der Waals surface area (Å²) in [5.41, 5.74) is 2.49. The number of esters is 1. The van der Waals surface area contributed by atoms with Gasteiger partial charge < -0.3 is 13.9 Å². The molecule has 0 unspecified atom stereocenters. The number of rotatable bonds is 4. The first-order valence-electron chi connectivity index (χ1n) is 6.88. The van der Waals surface area contributed by atoms with E-state index in [2.05, 4.69) is 4.98 Å². The molecule has 0 saturated heterocycles. The largest absolute Gasteiger partial charge is 0.497 e. The third-order valence-corrected chi connectivity index (χ3v) is 3.53. The van der Waals surface area contributed by atoms with Crippen molar-refractivity contribution in [2.75, 3.05) is 14.2 Å². The molecule has 0 bridgehead atoms. The molecule has 0 atom stereocenters. The van der Waals surface area contributed by atoms with Crippen LogP contribution in [-0.4, -0.2) is 29.6 Å². The fraction of sp³-hybridized carbons (Fsp3) is 0.176. The molecule has 112 valence electrons. The van der Waals surface area contributed by atoms with E-state index in [0.29, 0.717) is 12.0 Å². The number of hydrogen-bond donors (Lipinski definition) is 0. The second kappa shape index (κ2) is 5.89. The number of benzene rings is 1. The van der Waals surface area contributed by atoms with Crippen LogP contribution in [0.1, 0.15) is 21.7 Å². The van der Waals surface area contributed by atoms with Crippen molar-refractivity contribution >= 4 is 11.5 Å². The summed E-state index contributed by atoms with van der Waals surface area (Å²) in [6.45, 7) is 0. The minimum absolute atomic E-state index is 0.349. The normalized spacial score (nSPS) is 10.6. The molecule has 0 N–H and O–H groups in total. The highest BCUT2D eigenvalue weighted by molar-refractivity contribution is 5.90. The highest BCUT2D eigenvalue weighted by Gasteiger charge is 2.10.